The molecule has 1 aliphatic rings. The summed E-state index contributed by atoms with van der Waals surface area (Å²) in [7, 11) is 0. The second-order valence-corrected chi connectivity index (χ2v) is 5.91. The van der Waals surface area contributed by atoms with Gasteiger partial charge in [-0.25, -0.2) is 4.98 Å². The number of pyridine rings is 1. The maximum Gasteiger partial charge on any atom is 0.137 e. The van der Waals surface area contributed by atoms with E-state index in [4.69, 9.17) is 22.7 Å². The lowest BCUT2D eigenvalue weighted by Crippen LogP contribution is -2.41. The van der Waals surface area contributed by atoms with Gasteiger partial charge in [-0.2, -0.15) is 0 Å². The minimum Gasteiger partial charge on any atom is -0.389 e. The zero-order valence-electron chi connectivity index (χ0n) is 11.7. The molecule has 1 aromatic heterocycles. The van der Waals surface area contributed by atoms with Gasteiger partial charge < -0.3 is 15.8 Å². The minimum absolute atomic E-state index is 0.00891. The molecule has 1 aromatic rings. The molecule has 1 aliphatic heterocycles. The third-order valence-corrected chi connectivity index (χ3v) is 3.81. The molecule has 19 heavy (non-hydrogen) atoms. The Morgan fingerprint density at radius 3 is 2.63 bits per heavy atom. The van der Waals surface area contributed by atoms with E-state index in [1.165, 1.54) is 0 Å². The smallest absolute Gasteiger partial charge is 0.137 e. The minimum atomic E-state index is -0.00891. The summed E-state index contributed by atoms with van der Waals surface area (Å²) in [5, 5.41) is 3.53. The van der Waals surface area contributed by atoms with Gasteiger partial charge in [0.25, 0.3) is 0 Å². The van der Waals surface area contributed by atoms with Crippen molar-refractivity contribution in [2.24, 2.45) is 5.73 Å². The molecule has 0 radical (unpaired) electrons. The van der Waals surface area contributed by atoms with E-state index < -0.39 is 0 Å². The number of anilines is 1. The average molecular weight is 279 g/mol. The standard InChI is InChI=1S/C14H21N3OS/c1-9-8-10(2)16-13(11(9)12(15)19)17-14(3)4-6-18-7-5-14/h8H,4-7H2,1-3H3,(H2,15,19)(H,16,17). The van der Waals surface area contributed by atoms with Crippen molar-refractivity contribution in [1.29, 1.82) is 0 Å². The normalized spacial score (nSPS) is 18.1. The monoisotopic (exact) mass is 279 g/mol. The maximum atomic E-state index is 5.84. The van der Waals surface area contributed by atoms with E-state index in [0.29, 0.717) is 4.99 Å². The number of hydrogen-bond acceptors (Lipinski definition) is 4. The Balaban J connectivity index is 2.35. The molecule has 0 saturated carbocycles. The zero-order valence-corrected chi connectivity index (χ0v) is 12.6. The highest BCUT2D eigenvalue weighted by Gasteiger charge is 2.28. The predicted octanol–water partition coefficient (Wildman–Crippen LogP) is 2.31. The van der Waals surface area contributed by atoms with Crippen molar-refractivity contribution in [2.45, 2.75) is 39.2 Å². The molecule has 0 amide bonds. The van der Waals surface area contributed by atoms with Crippen molar-refractivity contribution in [2.75, 3.05) is 18.5 Å². The quantitative estimate of drug-likeness (QED) is 0.832. The first-order valence-corrected chi connectivity index (χ1v) is 6.96. The molecule has 5 heteroatoms. The van der Waals surface area contributed by atoms with Crippen molar-refractivity contribution in [1.82, 2.24) is 4.98 Å². The molecule has 3 N–H and O–H groups in total. The molecule has 0 atom stereocenters. The van der Waals surface area contributed by atoms with Gasteiger partial charge in [0.15, 0.2) is 0 Å². The van der Waals surface area contributed by atoms with Gasteiger partial charge in [-0.1, -0.05) is 12.2 Å². The number of aromatic nitrogens is 1. The van der Waals surface area contributed by atoms with E-state index in [1.807, 2.05) is 19.9 Å². The van der Waals surface area contributed by atoms with E-state index >= 15 is 0 Å². The van der Waals surface area contributed by atoms with E-state index in [9.17, 15) is 0 Å². The topological polar surface area (TPSA) is 60.2 Å². The van der Waals surface area contributed by atoms with Crippen LogP contribution in [0.15, 0.2) is 6.07 Å². The van der Waals surface area contributed by atoms with Gasteiger partial charge in [0.2, 0.25) is 0 Å². The lowest BCUT2D eigenvalue weighted by atomic mass is 9.92. The Morgan fingerprint density at radius 2 is 2.05 bits per heavy atom. The molecule has 1 fully saturated rings. The highest BCUT2D eigenvalue weighted by molar-refractivity contribution is 7.80. The SMILES string of the molecule is Cc1cc(C)c(C(N)=S)c(NC2(C)CCOCC2)n1. The van der Waals surface area contributed by atoms with Gasteiger partial charge in [-0.3, -0.25) is 0 Å². The molecular weight excluding hydrogens is 258 g/mol. The lowest BCUT2D eigenvalue weighted by Gasteiger charge is -2.35. The molecule has 2 rings (SSSR count). The summed E-state index contributed by atoms with van der Waals surface area (Å²) in [4.78, 5) is 4.97. The van der Waals surface area contributed by atoms with Crippen molar-refractivity contribution >= 4 is 23.0 Å². The number of ether oxygens (including phenoxy) is 1. The third kappa shape index (κ3) is 3.22. The summed E-state index contributed by atoms with van der Waals surface area (Å²) in [6.45, 7) is 7.74. The van der Waals surface area contributed by atoms with E-state index in [0.717, 1.165) is 48.7 Å². The summed E-state index contributed by atoms with van der Waals surface area (Å²) >= 11 is 5.16. The van der Waals surface area contributed by atoms with Crippen molar-refractivity contribution in [3.05, 3.63) is 22.9 Å². The van der Waals surface area contributed by atoms with E-state index in [-0.39, 0.29) is 5.54 Å². The van der Waals surface area contributed by atoms with Crippen molar-refractivity contribution < 1.29 is 4.74 Å². The number of thiocarbonyl (C=S) groups is 1. The zero-order chi connectivity index (χ0) is 14.0. The summed E-state index contributed by atoms with van der Waals surface area (Å²) in [6.07, 6.45) is 1.91. The van der Waals surface area contributed by atoms with Crippen LogP contribution in [-0.2, 0) is 4.74 Å². The Morgan fingerprint density at radius 1 is 1.42 bits per heavy atom. The Kier molecular flexibility index (Phi) is 4.06. The van der Waals surface area contributed by atoms with Crippen LogP contribution >= 0.6 is 12.2 Å². The fraction of sp³-hybridized carbons (Fsp3) is 0.571. The Labute approximate surface area is 119 Å². The molecule has 0 aromatic carbocycles. The van der Waals surface area contributed by atoms with Crippen LogP contribution in [0.1, 0.15) is 36.6 Å². The van der Waals surface area contributed by atoms with Gasteiger partial charge in [-0.15, -0.1) is 0 Å². The fourth-order valence-electron chi connectivity index (χ4n) is 2.47. The Hall–Kier alpha value is -1.20. The van der Waals surface area contributed by atoms with Crippen LogP contribution in [0, 0.1) is 13.8 Å². The molecule has 2 heterocycles. The van der Waals surface area contributed by atoms with Crippen LogP contribution in [0.25, 0.3) is 0 Å². The van der Waals surface area contributed by atoms with Gasteiger partial charge in [0, 0.05) is 24.4 Å². The molecule has 0 unspecified atom stereocenters. The number of rotatable bonds is 3. The highest BCUT2D eigenvalue weighted by Crippen LogP contribution is 2.28. The van der Waals surface area contributed by atoms with Crippen LogP contribution in [0.3, 0.4) is 0 Å². The van der Waals surface area contributed by atoms with Gasteiger partial charge in [-0.05, 0) is 45.2 Å². The summed E-state index contributed by atoms with van der Waals surface area (Å²) in [5.41, 5.74) is 8.72. The largest absolute Gasteiger partial charge is 0.389 e. The summed E-state index contributed by atoms with van der Waals surface area (Å²) in [6, 6.07) is 2.01. The summed E-state index contributed by atoms with van der Waals surface area (Å²) in [5.74, 6) is 0.800. The first-order valence-electron chi connectivity index (χ1n) is 6.55. The van der Waals surface area contributed by atoms with Crippen LogP contribution in [0.5, 0.6) is 0 Å². The van der Waals surface area contributed by atoms with E-state index in [1.54, 1.807) is 0 Å². The first-order chi connectivity index (χ1) is 8.91. The average Bonchev–Trinajstić information content (AvgIpc) is 2.27. The second-order valence-electron chi connectivity index (χ2n) is 5.47. The summed E-state index contributed by atoms with van der Waals surface area (Å²) < 4.78 is 5.42. The fourth-order valence-corrected chi connectivity index (χ4v) is 2.73. The molecule has 1 saturated heterocycles. The van der Waals surface area contributed by atoms with Crippen LogP contribution in [0.4, 0.5) is 5.82 Å². The number of hydrogen-bond donors (Lipinski definition) is 2. The molecule has 0 aliphatic carbocycles. The van der Waals surface area contributed by atoms with Gasteiger partial charge in [0.05, 0.1) is 5.56 Å². The van der Waals surface area contributed by atoms with Gasteiger partial charge >= 0.3 is 0 Å². The predicted molar refractivity (Wildman–Crippen MR) is 81.7 cm³/mol. The Bertz CT molecular complexity index is 496. The number of nitrogens with one attached hydrogen (secondary N) is 1. The van der Waals surface area contributed by atoms with Crippen LogP contribution in [-0.4, -0.2) is 28.7 Å². The molecular formula is C14H21N3OS. The van der Waals surface area contributed by atoms with Crippen LogP contribution < -0.4 is 11.1 Å². The first kappa shape index (κ1) is 14.2. The van der Waals surface area contributed by atoms with Gasteiger partial charge in [0.1, 0.15) is 10.8 Å². The van der Waals surface area contributed by atoms with Crippen LogP contribution in [0.2, 0.25) is 0 Å². The molecule has 4 nitrogen and oxygen atoms in total. The second kappa shape index (κ2) is 5.43. The van der Waals surface area contributed by atoms with E-state index in [2.05, 4.69) is 17.2 Å². The highest BCUT2D eigenvalue weighted by atomic mass is 32.1. The number of nitrogens with two attached hydrogens (primary N) is 1. The molecule has 104 valence electrons. The number of aryl methyl sites for hydroxylation is 2. The molecule has 0 spiro atoms. The third-order valence-electron chi connectivity index (χ3n) is 3.61. The molecule has 0 bridgehead atoms. The maximum absolute atomic E-state index is 5.84. The number of nitrogens with zero attached hydrogens (tertiary/aromatic N) is 1. The van der Waals surface area contributed by atoms with Crippen molar-refractivity contribution in [3.63, 3.8) is 0 Å². The lowest BCUT2D eigenvalue weighted by molar-refractivity contribution is 0.0657. The van der Waals surface area contributed by atoms with Crippen molar-refractivity contribution in [3.8, 4) is 0 Å².